The van der Waals surface area contributed by atoms with Crippen LogP contribution in [-0.2, 0) is 6.54 Å². The van der Waals surface area contributed by atoms with Gasteiger partial charge in [0.2, 0.25) is 11.7 Å². The summed E-state index contributed by atoms with van der Waals surface area (Å²) in [7, 11) is 0. The van der Waals surface area contributed by atoms with Crippen LogP contribution in [0.4, 0.5) is 8.78 Å². The van der Waals surface area contributed by atoms with Crippen LogP contribution in [0.3, 0.4) is 0 Å². The molecule has 0 saturated carbocycles. The van der Waals surface area contributed by atoms with E-state index in [0.29, 0.717) is 5.39 Å². The summed E-state index contributed by atoms with van der Waals surface area (Å²) in [6.45, 7) is 0.0149. The van der Waals surface area contributed by atoms with Crippen molar-refractivity contribution in [2.75, 3.05) is 0 Å². The third-order valence-electron chi connectivity index (χ3n) is 2.61. The van der Waals surface area contributed by atoms with Gasteiger partial charge in [-0.25, -0.2) is 8.78 Å². The molecule has 0 amide bonds. The van der Waals surface area contributed by atoms with Crippen LogP contribution in [0.15, 0.2) is 22.9 Å². The van der Waals surface area contributed by atoms with Gasteiger partial charge in [-0.15, -0.1) is 0 Å². The Morgan fingerprint density at radius 2 is 2.22 bits per heavy atom. The number of hydrogen-bond donors (Lipinski definition) is 2. The Hall–Kier alpha value is -2.28. The molecule has 0 fully saturated rings. The van der Waals surface area contributed by atoms with Crippen molar-refractivity contribution in [1.29, 1.82) is 0 Å². The van der Waals surface area contributed by atoms with Crippen LogP contribution in [0.25, 0.3) is 22.3 Å². The van der Waals surface area contributed by atoms with E-state index in [2.05, 4.69) is 15.1 Å². The number of nitrogens with one attached hydrogen (secondary N) is 1. The number of benzene rings is 1. The predicted molar refractivity (Wildman–Crippen MR) is 59.4 cm³/mol. The molecule has 0 aliphatic rings. The monoisotopic (exact) mass is 250 g/mol. The molecule has 5 nitrogen and oxygen atoms in total. The third kappa shape index (κ3) is 1.48. The van der Waals surface area contributed by atoms with E-state index in [9.17, 15) is 8.78 Å². The maximum absolute atomic E-state index is 14.1. The first-order valence-corrected chi connectivity index (χ1v) is 5.19. The van der Waals surface area contributed by atoms with Crippen LogP contribution < -0.4 is 5.73 Å². The molecule has 0 saturated heterocycles. The van der Waals surface area contributed by atoms with Crippen LogP contribution in [0, 0.1) is 11.6 Å². The molecule has 2 heterocycles. The summed E-state index contributed by atoms with van der Waals surface area (Å²) in [4.78, 5) is 6.51. The van der Waals surface area contributed by atoms with E-state index >= 15 is 0 Å². The van der Waals surface area contributed by atoms with E-state index < -0.39 is 11.6 Å². The summed E-state index contributed by atoms with van der Waals surface area (Å²) in [5, 5.41) is 3.95. The second kappa shape index (κ2) is 3.88. The van der Waals surface area contributed by atoms with Gasteiger partial charge in [0.15, 0.2) is 5.82 Å². The van der Waals surface area contributed by atoms with Crippen molar-refractivity contribution in [2.45, 2.75) is 6.54 Å². The summed E-state index contributed by atoms with van der Waals surface area (Å²) in [6.07, 6.45) is 1.53. The first-order valence-electron chi connectivity index (χ1n) is 5.19. The minimum absolute atomic E-state index is 0.0149. The van der Waals surface area contributed by atoms with Gasteiger partial charge in [0.05, 0.1) is 17.6 Å². The van der Waals surface area contributed by atoms with E-state index in [1.54, 1.807) is 6.07 Å². The van der Waals surface area contributed by atoms with Gasteiger partial charge >= 0.3 is 0 Å². The zero-order valence-corrected chi connectivity index (χ0v) is 9.08. The number of H-pyrrole nitrogens is 1. The van der Waals surface area contributed by atoms with Gasteiger partial charge in [-0.3, -0.25) is 0 Å². The molecular weight excluding hydrogens is 242 g/mol. The number of aromatic amines is 1. The van der Waals surface area contributed by atoms with Crippen molar-refractivity contribution in [2.24, 2.45) is 5.73 Å². The van der Waals surface area contributed by atoms with Gasteiger partial charge in [0.25, 0.3) is 0 Å². The molecule has 7 heteroatoms. The first-order chi connectivity index (χ1) is 8.70. The van der Waals surface area contributed by atoms with Crippen molar-refractivity contribution in [3.8, 4) is 11.4 Å². The maximum Gasteiger partial charge on any atom is 0.240 e. The third-order valence-corrected chi connectivity index (χ3v) is 2.61. The molecule has 0 atom stereocenters. The number of hydrogen-bond acceptors (Lipinski definition) is 4. The number of fused-ring (bicyclic) bond motifs is 1. The van der Waals surface area contributed by atoms with Crippen LogP contribution in [0.5, 0.6) is 0 Å². The summed E-state index contributed by atoms with van der Waals surface area (Å²) in [5.41, 5.74) is 5.18. The van der Waals surface area contributed by atoms with Crippen molar-refractivity contribution in [1.82, 2.24) is 15.1 Å². The first kappa shape index (κ1) is 10.8. The van der Waals surface area contributed by atoms with E-state index in [1.165, 1.54) is 12.3 Å². The second-order valence-electron chi connectivity index (χ2n) is 3.71. The molecule has 0 aliphatic carbocycles. The maximum atomic E-state index is 14.1. The number of rotatable bonds is 2. The SMILES string of the molecule is NCc1nc(-c2c(F)cc3cc[nH]c3c2F)no1. The quantitative estimate of drug-likeness (QED) is 0.728. The van der Waals surface area contributed by atoms with Crippen molar-refractivity contribution in [3.63, 3.8) is 0 Å². The zero-order chi connectivity index (χ0) is 12.7. The lowest BCUT2D eigenvalue weighted by Crippen LogP contribution is -1.97. The molecule has 3 N–H and O–H groups in total. The zero-order valence-electron chi connectivity index (χ0n) is 9.08. The van der Waals surface area contributed by atoms with Gasteiger partial charge < -0.3 is 15.2 Å². The fourth-order valence-corrected chi connectivity index (χ4v) is 1.77. The smallest absolute Gasteiger partial charge is 0.240 e. The summed E-state index contributed by atoms with van der Waals surface area (Å²) in [6, 6.07) is 2.79. The Bertz CT molecular complexity index is 719. The van der Waals surface area contributed by atoms with Crippen LogP contribution >= 0.6 is 0 Å². The Labute approximate surface area is 99.6 Å². The lowest BCUT2D eigenvalue weighted by Gasteiger charge is -2.01. The average Bonchev–Trinajstić information content (AvgIpc) is 2.97. The molecule has 3 aromatic rings. The number of nitrogens with two attached hydrogens (primary N) is 1. The Kier molecular flexibility index (Phi) is 2.34. The number of halogens is 2. The average molecular weight is 250 g/mol. The molecule has 0 bridgehead atoms. The lowest BCUT2D eigenvalue weighted by molar-refractivity contribution is 0.380. The fraction of sp³-hybridized carbons (Fsp3) is 0.0909. The van der Waals surface area contributed by atoms with Gasteiger partial charge in [-0.1, -0.05) is 5.16 Å². The minimum atomic E-state index is -0.751. The predicted octanol–water partition coefficient (Wildman–Crippen LogP) is 1.95. The number of aromatic nitrogens is 3. The summed E-state index contributed by atoms with van der Waals surface area (Å²) >= 11 is 0. The molecular formula is C11H8F2N4O. The van der Waals surface area contributed by atoms with Crippen molar-refractivity contribution < 1.29 is 13.3 Å². The highest BCUT2D eigenvalue weighted by molar-refractivity contribution is 5.84. The van der Waals surface area contributed by atoms with Gasteiger partial charge in [0.1, 0.15) is 5.82 Å². The fourth-order valence-electron chi connectivity index (χ4n) is 1.77. The highest BCUT2D eigenvalue weighted by atomic mass is 19.1. The van der Waals surface area contributed by atoms with Gasteiger partial charge in [-0.05, 0) is 12.1 Å². The standard InChI is InChI=1S/C11H8F2N4O/c12-6-3-5-1-2-15-10(5)9(13)8(6)11-16-7(4-14)18-17-11/h1-3,15H,4,14H2. The molecule has 18 heavy (non-hydrogen) atoms. The number of nitrogens with zero attached hydrogens (tertiary/aromatic N) is 2. The molecule has 0 aliphatic heterocycles. The molecule has 0 unspecified atom stereocenters. The van der Waals surface area contributed by atoms with Gasteiger partial charge in [0, 0.05) is 11.6 Å². The Morgan fingerprint density at radius 3 is 2.94 bits per heavy atom. The highest BCUT2D eigenvalue weighted by Crippen LogP contribution is 2.29. The molecule has 0 radical (unpaired) electrons. The molecule has 1 aromatic carbocycles. The summed E-state index contributed by atoms with van der Waals surface area (Å²) in [5.74, 6) is -1.53. The van der Waals surface area contributed by atoms with Crippen LogP contribution in [-0.4, -0.2) is 15.1 Å². The minimum Gasteiger partial charge on any atom is -0.359 e. The summed E-state index contributed by atoms with van der Waals surface area (Å²) < 4.78 is 32.7. The topological polar surface area (TPSA) is 80.7 Å². The Balaban J connectivity index is 2.27. The second-order valence-corrected chi connectivity index (χ2v) is 3.71. The van der Waals surface area contributed by atoms with Crippen molar-refractivity contribution >= 4 is 10.9 Å². The van der Waals surface area contributed by atoms with Crippen LogP contribution in [0.1, 0.15) is 5.89 Å². The Morgan fingerprint density at radius 1 is 1.39 bits per heavy atom. The van der Waals surface area contributed by atoms with E-state index in [-0.39, 0.29) is 29.3 Å². The van der Waals surface area contributed by atoms with E-state index in [0.717, 1.165) is 0 Å². The van der Waals surface area contributed by atoms with Crippen molar-refractivity contribution in [3.05, 3.63) is 35.9 Å². The van der Waals surface area contributed by atoms with E-state index in [1.807, 2.05) is 0 Å². The normalized spacial score (nSPS) is 11.3. The molecule has 3 rings (SSSR count). The largest absolute Gasteiger partial charge is 0.359 e. The van der Waals surface area contributed by atoms with Crippen LogP contribution in [0.2, 0.25) is 0 Å². The lowest BCUT2D eigenvalue weighted by atomic mass is 10.1. The molecule has 92 valence electrons. The highest BCUT2D eigenvalue weighted by Gasteiger charge is 2.20. The van der Waals surface area contributed by atoms with Gasteiger partial charge in [-0.2, -0.15) is 4.98 Å². The molecule has 2 aromatic heterocycles. The van der Waals surface area contributed by atoms with E-state index in [4.69, 9.17) is 10.3 Å². The molecule has 0 spiro atoms.